The molecule has 3 rings (SSSR count). The van der Waals surface area contributed by atoms with E-state index in [1.807, 2.05) is 25.1 Å². The molecule has 2 bridgehead atoms. The summed E-state index contributed by atoms with van der Waals surface area (Å²) in [4.78, 5) is 12.5. The summed E-state index contributed by atoms with van der Waals surface area (Å²) in [5.41, 5.74) is 0.816. The molecule has 1 aromatic rings. The minimum absolute atomic E-state index is 0.00315. The van der Waals surface area contributed by atoms with Gasteiger partial charge in [-0.05, 0) is 43.6 Å². The van der Waals surface area contributed by atoms with E-state index in [2.05, 4.69) is 12.1 Å². The second-order valence-corrected chi connectivity index (χ2v) is 5.64. The predicted molar refractivity (Wildman–Crippen MR) is 70.2 cm³/mol. The van der Waals surface area contributed by atoms with Crippen LogP contribution in [0.25, 0.3) is 0 Å². The fourth-order valence-corrected chi connectivity index (χ4v) is 4.05. The van der Waals surface area contributed by atoms with Gasteiger partial charge in [0.1, 0.15) is 0 Å². The zero-order valence-corrected chi connectivity index (χ0v) is 10.9. The summed E-state index contributed by atoms with van der Waals surface area (Å²) in [6, 6.07) is 10.3. The van der Waals surface area contributed by atoms with Gasteiger partial charge in [0.05, 0.1) is 12.0 Å². The largest absolute Gasteiger partial charge is 0.465 e. The molecule has 1 aromatic carbocycles. The third-order valence-corrected chi connectivity index (χ3v) is 4.78. The molecular formula is C16H20O2. The van der Waals surface area contributed by atoms with Crippen molar-refractivity contribution in [2.45, 2.75) is 38.0 Å². The van der Waals surface area contributed by atoms with Gasteiger partial charge < -0.3 is 4.74 Å². The van der Waals surface area contributed by atoms with Gasteiger partial charge >= 0.3 is 5.97 Å². The molecule has 0 saturated heterocycles. The van der Waals surface area contributed by atoms with Crippen molar-refractivity contribution in [1.82, 2.24) is 0 Å². The number of carbonyl (C=O) groups excluding carboxylic acids is 1. The fraction of sp³-hybridized carbons (Fsp3) is 0.562. The second kappa shape index (κ2) is 4.42. The summed E-state index contributed by atoms with van der Waals surface area (Å²) in [5.74, 6) is 1.21. The van der Waals surface area contributed by atoms with Crippen LogP contribution in [0.2, 0.25) is 0 Å². The van der Waals surface area contributed by atoms with Gasteiger partial charge in [-0.3, -0.25) is 4.79 Å². The molecule has 18 heavy (non-hydrogen) atoms. The number of fused-ring (bicyclic) bond motifs is 2. The van der Waals surface area contributed by atoms with Crippen LogP contribution in [0, 0.1) is 11.8 Å². The smallest absolute Gasteiger partial charge is 0.316 e. The minimum Gasteiger partial charge on any atom is -0.465 e. The van der Waals surface area contributed by atoms with Crippen molar-refractivity contribution in [2.24, 2.45) is 11.8 Å². The van der Waals surface area contributed by atoms with Gasteiger partial charge in [0.25, 0.3) is 0 Å². The average molecular weight is 244 g/mol. The zero-order valence-electron chi connectivity index (χ0n) is 10.9. The first-order chi connectivity index (χ1) is 8.77. The highest BCUT2D eigenvalue weighted by Gasteiger charge is 2.57. The Hall–Kier alpha value is -1.31. The lowest BCUT2D eigenvalue weighted by atomic mass is 9.68. The molecule has 0 heterocycles. The van der Waals surface area contributed by atoms with E-state index in [0.29, 0.717) is 12.5 Å². The molecule has 2 aliphatic carbocycles. The van der Waals surface area contributed by atoms with Crippen molar-refractivity contribution in [3.63, 3.8) is 0 Å². The molecule has 2 fully saturated rings. The maximum atomic E-state index is 12.5. The highest BCUT2D eigenvalue weighted by Crippen LogP contribution is 2.57. The van der Waals surface area contributed by atoms with Crippen LogP contribution in [-0.2, 0) is 14.9 Å². The molecule has 0 aliphatic heterocycles. The predicted octanol–water partition coefficient (Wildman–Crippen LogP) is 3.31. The monoisotopic (exact) mass is 244 g/mol. The van der Waals surface area contributed by atoms with E-state index in [9.17, 15) is 4.79 Å². The van der Waals surface area contributed by atoms with Gasteiger partial charge in [-0.15, -0.1) is 0 Å². The topological polar surface area (TPSA) is 26.3 Å². The lowest BCUT2D eigenvalue weighted by Gasteiger charge is -2.35. The molecule has 2 nitrogen and oxygen atoms in total. The molecule has 0 aromatic heterocycles. The first-order valence-corrected chi connectivity index (χ1v) is 7.00. The van der Waals surface area contributed by atoms with Crippen molar-refractivity contribution in [2.75, 3.05) is 6.61 Å². The number of hydrogen-bond acceptors (Lipinski definition) is 2. The Balaban J connectivity index is 2.02. The molecule has 2 saturated carbocycles. The fourth-order valence-electron chi connectivity index (χ4n) is 4.05. The summed E-state index contributed by atoms with van der Waals surface area (Å²) in [5, 5.41) is 0. The molecule has 0 unspecified atom stereocenters. The molecule has 3 atom stereocenters. The van der Waals surface area contributed by atoms with E-state index in [4.69, 9.17) is 4.74 Å². The van der Waals surface area contributed by atoms with Crippen LogP contribution in [0.3, 0.4) is 0 Å². The van der Waals surface area contributed by atoms with Crippen LogP contribution < -0.4 is 0 Å². The van der Waals surface area contributed by atoms with Gasteiger partial charge in [0.15, 0.2) is 0 Å². The first kappa shape index (κ1) is 11.8. The van der Waals surface area contributed by atoms with Crippen molar-refractivity contribution in [1.29, 1.82) is 0 Å². The summed E-state index contributed by atoms with van der Waals surface area (Å²) < 4.78 is 5.40. The Morgan fingerprint density at radius 3 is 2.67 bits per heavy atom. The standard InChI is InChI=1S/C16H20O2/c1-2-18-15(17)16(13-6-4-3-5-7-13)11-12-8-9-14(16)10-12/h3-7,12,14H,2,8-11H2,1H3/t12-,14-,16-/m0/s1. The molecular weight excluding hydrogens is 224 g/mol. The van der Waals surface area contributed by atoms with Crippen molar-refractivity contribution < 1.29 is 9.53 Å². The summed E-state index contributed by atoms with van der Waals surface area (Å²) in [6.45, 7) is 2.37. The number of ether oxygens (including phenoxy) is 1. The summed E-state index contributed by atoms with van der Waals surface area (Å²) in [7, 11) is 0. The Bertz CT molecular complexity index is 440. The SMILES string of the molecule is CCOC(=O)[C@]1(c2ccccc2)C[C@H]2CC[C@H]1C2. The van der Waals surface area contributed by atoms with Gasteiger partial charge in [-0.1, -0.05) is 36.8 Å². The van der Waals surface area contributed by atoms with Gasteiger partial charge in [-0.2, -0.15) is 0 Å². The lowest BCUT2D eigenvalue weighted by Crippen LogP contribution is -2.42. The van der Waals surface area contributed by atoms with Gasteiger partial charge in [0.2, 0.25) is 0 Å². The summed E-state index contributed by atoms with van der Waals surface area (Å²) in [6.07, 6.45) is 4.66. The number of rotatable bonds is 3. The lowest BCUT2D eigenvalue weighted by molar-refractivity contribution is -0.152. The Morgan fingerprint density at radius 2 is 2.11 bits per heavy atom. The molecule has 0 amide bonds. The van der Waals surface area contributed by atoms with E-state index in [-0.39, 0.29) is 11.4 Å². The van der Waals surface area contributed by atoms with Crippen LogP contribution in [0.15, 0.2) is 30.3 Å². The highest BCUT2D eigenvalue weighted by molar-refractivity contribution is 5.84. The Kier molecular flexibility index (Phi) is 2.89. The highest BCUT2D eigenvalue weighted by atomic mass is 16.5. The Morgan fingerprint density at radius 1 is 1.33 bits per heavy atom. The van der Waals surface area contributed by atoms with Crippen LogP contribution in [-0.4, -0.2) is 12.6 Å². The molecule has 2 aliphatic rings. The second-order valence-electron chi connectivity index (χ2n) is 5.64. The van der Waals surface area contributed by atoms with E-state index in [1.54, 1.807) is 0 Å². The van der Waals surface area contributed by atoms with Crippen molar-refractivity contribution in [3.8, 4) is 0 Å². The van der Waals surface area contributed by atoms with Crippen LogP contribution >= 0.6 is 0 Å². The van der Waals surface area contributed by atoms with Crippen molar-refractivity contribution >= 4 is 5.97 Å². The van der Waals surface area contributed by atoms with E-state index < -0.39 is 0 Å². The van der Waals surface area contributed by atoms with Crippen LogP contribution in [0.4, 0.5) is 0 Å². The van der Waals surface area contributed by atoms with E-state index >= 15 is 0 Å². The molecule has 0 spiro atoms. The molecule has 0 radical (unpaired) electrons. The minimum atomic E-state index is -0.347. The number of carbonyl (C=O) groups is 1. The summed E-state index contributed by atoms with van der Waals surface area (Å²) >= 11 is 0. The van der Waals surface area contributed by atoms with Crippen molar-refractivity contribution in [3.05, 3.63) is 35.9 Å². The third-order valence-electron chi connectivity index (χ3n) is 4.78. The number of benzene rings is 1. The first-order valence-electron chi connectivity index (χ1n) is 7.00. The molecule has 0 N–H and O–H groups in total. The normalized spacial score (nSPS) is 33.6. The zero-order chi connectivity index (χ0) is 12.6. The van der Waals surface area contributed by atoms with E-state index in [0.717, 1.165) is 17.9 Å². The van der Waals surface area contributed by atoms with Crippen LogP contribution in [0.1, 0.15) is 38.2 Å². The molecule has 96 valence electrons. The number of hydrogen-bond donors (Lipinski definition) is 0. The van der Waals surface area contributed by atoms with Gasteiger partial charge in [-0.25, -0.2) is 0 Å². The molecule has 2 heteroatoms. The Labute approximate surface area is 108 Å². The van der Waals surface area contributed by atoms with E-state index in [1.165, 1.54) is 19.3 Å². The maximum absolute atomic E-state index is 12.5. The van der Waals surface area contributed by atoms with Gasteiger partial charge in [0, 0.05) is 0 Å². The maximum Gasteiger partial charge on any atom is 0.316 e. The number of esters is 1. The third kappa shape index (κ3) is 1.58. The quantitative estimate of drug-likeness (QED) is 0.762. The van der Waals surface area contributed by atoms with Crippen LogP contribution in [0.5, 0.6) is 0 Å². The average Bonchev–Trinajstić information content (AvgIpc) is 3.01.